The molecule has 0 aromatic heterocycles. The fourth-order valence-electron chi connectivity index (χ4n) is 2.30. The van der Waals surface area contributed by atoms with E-state index in [0.29, 0.717) is 13.0 Å². The number of nitrogens with one attached hydrogen (secondary N) is 1. The topological polar surface area (TPSA) is 38.3 Å². The van der Waals surface area contributed by atoms with E-state index in [-0.39, 0.29) is 5.78 Å². The Kier molecular flexibility index (Phi) is 11.5. The van der Waals surface area contributed by atoms with Crippen molar-refractivity contribution in [2.75, 3.05) is 26.0 Å². The average molecular weight is 374 g/mol. The molecule has 0 amide bonds. The Morgan fingerprint density at radius 1 is 1.27 bits per heavy atom. The molecule has 1 aromatic carbocycles. The van der Waals surface area contributed by atoms with E-state index in [4.69, 9.17) is 4.74 Å². The Bertz CT molecular complexity index is 631. The molecule has 142 valence electrons. The van der Waals surface area contributed by atoms with Crippen molar-refractivity contribution in [3.05, 3.63) is 60.2 Å². The number of benzene rings is 1. The van der Waals surface area contributed by atoms with Gasteiger partial charge in [-0.2, -0.15) is 0 Å². The summed E-state index contributed by atoms with van der Waals surface area (Å²) in [4.78, 5) is 13.4. The Balaban J connectivity index is 2.51. The van der Waals surface area contributed by atoms with Gasteiger partial charge in [-0.1, -0.05) is 29.9 Å². The second-order valence-corrected chi connectivity index (χ2v) is 7.02. The molecule has 3 nitrogen and oxygen atoms in total. The highest BCUT2D eigenvalue weighted by molar-refractivity contribution is 7.98. The van der Waals surface area contributed by atoms with E-state index in [1.54, 1.807) is 11.8 Å². The lowest BCUT2D eigenvalue weighted by molar-refractivity contribution is 0.0981. The fraction of sp³-hybridized carbons (Fsp3) is 0.409. The normalized spacial score (nSPS) is 10.7. The number of carbonyl (C=O) groups is 1. The molecular formula is C22H31NO2S. The van der Waals surface area contributed by atoms with Gasteiger partial charge in [0, 0.05) is 23.4 Å². The van der Waals surface area contributed by atoms with Crippen LogP contribution < -0.4 is 10.1 Å². The summed E-state index contributed by atoms with van der Waals surface area (Å²) >= 11 is 1.58. The third-order valence-corrected chi connectivity index (χ3v) is 4.48. The van der Waals surface area contributed by atoms with Gasteiger partial charge in [-0.15, -0.1) is 18.3 Å². The Hall–Kier alpha value is -1.78. The lowest BCUT2D eigenvalue weighted by Crippen LogP contribution is -2.14. The molecule has 26 heavy (non-hydrogen) atoms. The van der Waals surface area contributed by atoms with E-state index in [1.807, 2.05) is 36.6 Å². The molecule has 0 aliphatic carbocycles. The molecule has 0 heterocycles. The second-order valence-electron chi connectivity index (χ2n) is 6.17. The van der Waals surface area contributed by atoms with E-state index < -0.39 is 0 Å². The van der Waals surface area contributed by atoms with Gasteiger partial charge in [-0.3, -0.25) is 4.79 Å². The lowest BCUT2D eigenvalue weighted by atomic mass is 10.1. The largest absolute Gasteiger partial charge is 0.490 e. The van der Waals surface area contributed by atoms with Gasteiger partial charge in [0.1, 0.15) is 12.4 Å². The molecule has 1 N–H and O–H groups in total. The molecule has 0 aliphatic rings. The smallest absolute Gasteiger partial charge is 0.164 e. The van der Waals surface area contributed by atoms with Gasteiger partial charge in [-0.25, -0.2) is 0 Å². The minimum absolute atomic E-state index is 0.184. The number of carbonyl (C=O) groups excluding carboxylic acids is 1. The molecule has 0 bridgehead atoms. The minimum atomic E-state index is 0.184. The molecule has 0 atom stereocenters. The van der Waals surface area contributed by atoms with Crippen LogP contribution in [-0.4, -0.2) is 31.7 Å². The number of thioether (sulfide) groups is 1. The molecule has 0 saturated heterocycles. The lowest BCUT2D eigenvalue weighted by Gasteiger charge is -2.09. The van der Waals surface area contributed by atoms with Crippen LogP contribution in [0.3, 0.4) is 0 Å². The summed E-state index contributed by atoms with van der Waals surface area (Å²) in [5.41, 5.74) is 2.03. The minimum Gasteiger partial charge on any atom is -0.490 e. The van der Waals surface area contributed by atoms with Gasteiger partial charge in [0.25, 0.3) is 0 Å². The van der Waals surface area contributed by atoms with Crippen LogP contribution in [0.1, 0.15) is 43.5 Å². The number of ether oxygens (including phenoxy) is 1. The predicted octanol–water partition coefficient (Wildman–Crippen LogP) is 5.44. The van der Waals surface area contributed by atoms with Crippen molar-refractivity contribution < 1.29 is 9.53 Å². The van der Waals surface area contributed by atoms with E-state index in [2.05, 4.69) is 37.9 Å². The van der Waals surface area contributed by atoms with Crippen molar-refractivity contribution in [1.82, 2.24) is 5.32 Å². The van der Waals surface area contributed by atoms with E-state index in [9.17, 15) is 4.79 Å². The second kappa shape index (κ2) is 13.4. The number of allylic oxidation sites excluding steroid dienone is 2. The van der Waals surface area contributed by atoms with Gasteiger partial charge in [0.2, 0.25) is 0 Å². The van der Waals surface area contributed by atoms with Crippen LogP contribution in [0.5, 0.6) is 5.75 Å². The summed E-state index contributed by atoms with van der Waals surface area (Å²) in [6.07, 6.45) is 12.4. The number of hydrogen-bond donors (Lipinski definition) is 1. The van der Waals surface area contributed by atoms with Crippen molar-refractivity contribution in [1.29, 1.82) is 0 Å². The zero-order valence-corrected chi connectivity index (χ0v) is 17.0. The van der Waals surface area contributed by atoms with Crippen LogP contribution in [0, 0.1) is 0 Å². The summed E-state index contributed by atoms with van der Waals surface area (Å²) in [5.74, 6) is 0.975. The SMILES string of the molecule is C=CCCNCC=CCOc1ccc(C(=O)CCC=C(C)C)c(SC)c1. The first-order valence-corrected chi connectivity index (χ1v) is 10.2. The van der Waals surface area contributed by atoms with E-state index in [1.165, 1.54) is 5.57 Å². The highest BCUT2D eigenvalue weighted by atomic mass is 32.2. The molecular weight excluding hydrogens is 342 g/mol. The zero-order valence-electron chi connectivity index (χ0n) is 16.2. The highest BCUT2D eigenvalue weighted by Crippen LogP contribution is 2.27. The van der Waals surface area contributed by atoms with Crippen molar-refractivity contribution in [3.63, 3.8) is 0 Å². The Labute approximate surface area is 162 Å². The molecule has 1 aromatic rings. The monoisotopic (exact) mass is 373 g/mol. The Morgan fingerprint density at radius 2 is 2.08 bits per heavy atom. The fourth-order valence-corrected chi connectivity index (χ4v) is 2.94. The maximum absolute atomic E-state index is 12.4. The molecule has 0 unspecified atom stereocenters. The van der Waals surface area contributed by atoms with Gasteiger partial charge in [-0.05, 0) is 57.7 Å². The molecule has 0 spiro atoms. The van der Waals surface area contributed by atoms with Crippen LogP contribution >= 0.6 is 11.8 Å². The number of Topliss-reactive ketones (excluding diaryl/α,β-unsaturated/α-hetero) is 1. The molecule has 1 rings (SSSR count). The quantitative estimate of drug-likeness (QED) is 0.216. The zero-order chi connectivity index (χ0) is 19.2. The number of rotatable bonds is 13. The molecule has 0 aliphatic heterocycles. The maximum Gasteiger partial charge on any atom is 0.164 e. The van der Waals surface area contributed by atoms with Gasteiger partial charge in [0.05, 0.1) is 0 Å². The van der Waals surface area contributed by atoms with Crippen LogP contribution in [0.15, 0.2) is 59.6 Å². The first-order valence-electron chi connectivity index (χ1n) is 9.02. The Morgan fingerprint density at radius 3 is 2.77 bits per heavy atom. The van der Waals surface area contributed by atoms with Crippen molar-refractivity contribution >= 4 is 17.5 Å². The van der Waals surface area contributed by atoms with Crippen LogP contribution in [0.25, 0.3) is 0 Å². The number of ketones is 1. The summed E-state index contributed by atoms with van der Waals surface area (Å²) in [6.45, 7) is 10.1. The molecule has 0 saturated carbocycles. The van der Waals surface area contributed by atoms with Crippen molar-refractivity contribution in [2.45, 2.75) is 38.0 Å². The van der Waals surface area contributed by atoms with Crippen LogP contribution in [-0.2, 0) is 0 Å². The summed E-state index contributed by atoms with van der Waals surface area (Å²) < 4.78 is 5.76. The molecule has 4 heteroatoms. The van der Waals surface area contributed by atoms with Gasteiger partial charge >= 0.3 is 0 Å². The number of hydrogen-bond acceptors (Lipinski definition) is 4. The highest BCUT2D eigenvalue weighted by Gasteiger charge is 2.11. The van der Waals surface area contributed by atoms with E-state index in [0.717, 1.165) is 42.1 Å². The van der Waals surface area contributed by atoms with Crippen LogP contribution in [0.2, 0.25) is 0 Å². The van der Waals surface area contributed by atoms with Crippen molar-refractivity contribution in [3.8, 4) is 5.75 Å². The summed E-state index contributed by atoms with van der Waals surface area (Å²) in [7, 11) is 0. The van der Waals surface area contributed by atoms with Gasteiger partial charge in [0.15, 0.2) is 5.78 Å². The third-order valence-electron chi connectivity index (χ3n) is 3.70. The first-order chi connectivity index (χ1) is 12.6. The van der Waals surface area contributed by atoms with Crippen LogP contribution in [0.4, 0.5) is 0 Å². The third kappa shape index (κ3) is 9.07. The summed E-state index contributed by atoms with van der Waals surface area (Å²) in [5, 5.41) is 3.29. The maximum atomic E-state index is 12.4. The van der Waals surface area contributed by atoms with E-state index >= 15 is 0 Å². The van der Waals surface area contributed by atoms with Gasteiger partial charge < -0.3 is 10.1 Å². The predicted molar refractivity (Wildman–Crippen MR) is 114 cm³/mol. The van der Waals surface area contributed by atoms with Crippen molar-refractivity contribution in [2.24, 2.45) is 0 Å². The first kappa shape index (κ1) is 22.3. The average Bonchev–Trinajstić information content (AvgIpc) is 2.63. The summed E-state index contributed by atoms with van der Waals surface area (Å²) in [6, 6.07) is 5.71. The standard InChI is InChI=1S/C22H31NO2S/c1-5-6-14-23-15-7-8-16-25-19-12-13-20(22(17-19)26-4)21(24)11-9-10-18(2)3/h5,7-8,10,12-13,17,23H,1,6,9,11,14-16H2,2-4H3. The molecule has 0 fully saturated rings. The molecule has 0 radical (unpaired) electrons.